The van der Waals surface area contributed by atoms with Crippen molar-refractivity contribution in [3.8, 4) is 27.9 Å². The van der Waals surface area contributed by atoms with Gasteiger partial charge in [0.2, 0.25) is 0 Å². The SMILES string of the molecule is C=Nc1cc(-c2ccccc2)cc(-n2c3ccccc3c3cc4c(cc32)-c2ccccc2C4(C)C)c1/C=C\C. The second-order valence-electron chi connectivity index (χ2n) is 10.9. The lowest BCUT2D eigenvalue weighted by atomic mass is 9.82. The number of nitrogens with zero attached hydrogens (tertiary/aromatic N) is 2. The molecule has 0 fully saturated rings. The van der Waals surface area contributed by atoms with E-state index in [1.165, 1.54) is 44.1 Å². The number of fused-ring (bicyclic) bond motifs is 6. The molecular formula is C37H30N2. The predicted molar refractivity (Wildman–Crippen MR) is 168 cm³/mol. The molecule has 2 nitrogen and oxygen atoms in total. The molecule has 6 aromatic rings. The summed E-state index contributed by atoms with van der Waals surface area (Å²) in [6.07, 6.45) is 4.24. The number of para-hydroxylation sites is 1. The van der Waals surface area contributed by atoms with E-state index in [4.69, 9.17) is 0 Å². The van der Waals surface area contributed by atoms with Gasteiger partial charge in [-0.05, 0) is 77.4 Å². The molecule has 0 radical (unpaired) electrons. The smallest absolute Gasteiger partial charge is 0.0721 e. The van der Waals surface area contributed by atoms with Gasteiger partial charge >= 0.3 is 0 Å². The summed E-state index contributed by atoms with van der Waals surface area (Å²) in [6.45, 7) is 10.7. The minimum absolute atomic E-state index is 0.0490. The molecule has 0 saturated carbocycles. The van der Waals surface area contributed by atoms with Crippen LogP contribution in [0.1, 0.15) is 37.5 Å². The minimum Gasteiger partial charge on any atom is -0.309 e. The lowest BCUT2D eigenvalue weighted by Crippen LogP contribution is -2.14. The van der Waals surface area contributed by atoms with E-state index in [9.17, 15) is 0 Å². The average Bonchev–Trinajstić information content (AvgIpc) is 3.41. The molecule has 7 rings (SSSR count). The van der Waals surface area contributed by atoms with Crippen LogP contribution in [0.5, 0.6) is 0 Å². The molecule has 39 heavy (non-hydrogen) atoms. The van der Waals surface area contributed by atoms with Crippen LogP contribution in [0.3, 0.4) is 0 Å². The lowest BCUT2D eigenvalue weighted by molar-refractivity contribution is 0.661. The highest BCUT2D eigenvalue weighted by Gasteiger charge is 2.36. The molecule has 0 aliphatic heterocycles. The highest BCUT2D eigenvalue weighted by Crippen LogP contribution is 2.51. The van der Waals surface area contributed by atoms with Gasteiger partial charge in [-0.3, -0.25) is 4.99 Å². The van der Waals surface area contributed by atoms with Crippen LogP contribution in [-0.2, 0) is 5.41 Å². The van der Waals surface area contributed by atoms with Crippen molar-refractivity contribution in [1.82, 2.24) is 4.57 Å². The van der Waals surface area contributed by atoms with Crippen LogP contribution < -0.4 is 0 Å². The van der Waals surface area contributed by atoms with Crippen LogP contribution >= 0.6 is 0 Å². The maximum absolute atomic E-state index is 4.50. The van der Waals surface area contributed by atoms with E-state index in [2.05, 4.69) is 152 Å². The Bertz CT molecular complexity index is 1950. The van der Waals surface area contributed by atoms with Crippen molar-refractivity contribution < 1.29 is 0 Å². The summed E-state index contributed by atoms with van der Waals surface area (Å²) < 4.78 is 2.43. The second-order valence-corrected chi connectivity index (χ2v) is 10.9. The molecule has 1 aliphatic carbocycles. The first kappa shape index (κ1) is 23.4. The number of benzene rings is 5. The van der Waals surface area contributed by atoms with E-state index in [-0.39, 0.29) is 5.41 Å². The maximum Gasteiger partial charge on any atom is 0.0721 e. The Morgan fingerprint density at radius 3 is 2.23 bits per heavy atom. The predicted octanol–water partition coefficient (Wildman–Crippen LogP) is 10.1. The third-order valence-corrected chi connectivity index (χ3v) is 8.36. The lowest BCUT2D eigenvalue weighted by Gasteiger charge is -2.21. The first-order chi connectivity index (χ1) is 19.0. The average molecular weight is 503 g/mol. The van der Waals surface area contributed by atoms with E-state index >= 15 is 0 Å². The van der Waals surface area contributed by atoms with Gasteiger partial charge in [0.25, 0.3) is 0 Å². The molecule has 0 unspecified atom stereocenters. The van der Waals surface area contributed by atoms with Gasteiger partial charge in [0.05, 0.1) is 22.4 Å². The molecule has 1 heterocycles. The first-order valence-corrected chi connectivity index (χ1v) is 13.5. The Morgan fingerprint density at radius 2 is 1.44 bits per heavy atom. The van der Waals surface area contributed by atoms with Crippen LogP contribution in [0.4, 0.5) is 5.69 Å². The van der Waals surface area contributed by atoms with Crippen molar-refractivity contribution in [2.24, 2.45) is 4.99 Å². The highest BCUT2D eigenvalue weighted by molar-refractivity contribution is 6.12. The quantitative estimate of drug-likeness (QED) is 0.213. The number of aromatic nitrogens is 1. The van der Waals surface area contributed by atoms with Gasteiger partial charge in [0.1, 0.15) is 0 Å². The summed E-state index contributed by atoms with van der Waals surface area (Å²) in [5.74, 6) is 0. The number of allylic oxidation sites excluding steroid dienone is 1. The molecule has 1 aromatic heterocycles. The van der Waals surface area contributed by atoms with Crippen molar-refractivity contribution in [1.29, 1.82) is 0 Å². The molecular weight excluding hydrogens is 472 g/mol. The van der Waals surface area contributed by atoms with Gasteiger partial charge in [0.15, 0.2) is 0 Å². The maximum atomic E-state index is 4.50. The molecule has 5 aromatic carbocycles. The van der Waals surface area contributed by atoms with Crippen molar-refractivity contribution in [2.75, 3.05) is 0 Å². The van der Waals surface area contributed by atoms with Gasteiger partial charge in [-0.1, -0.05) is 98.8 Å². The number of hydrogen-bond acceptors (Lipinski definition) is 1. The van der Waals surface area contributed by atoms with Gasteiger partial charge < -0.3 is 4.57 Å². The third kappa shape index (κ3) is 3.38. The normalized spacial score (nSPS) is 13.7. The van der Waals surface area contributed by atoms with Gasteiger partial charge in [-0.25, -0.2) is 0 Å². The molecule has 0 amide bonds. The van der Waals surface area contributed by atoms with Gasteiger partial charge in [-0.2, -0.15) is 0 Å². The monoisotopic (exact) mass is 502 g/mol. The van der Waals surface area contributed by atoms with Crippen molar-refractivity contribution in [3.05, 3.63) is 126 Å². The van der Waals surface area contributed by atoms with Gasteiger partial charge in [-0.15, -0.1) is 0 Å². The molecule has 188 valence electrons. The standard InChI is InChI=1S/C37H30N2/c1-5-13-28-33(38-4)20-25(24-14-7-6-8-15-24)21-35(28)39-34-19-12-10-17-27(34)30-22-32-29(23-36(30)39)26-16-9-11-18-31(26)37(32,2)3/h5-23H,4H2,1-3H3/b13-5-. The summed E-state index contributed by atoms with van der Waals surface area (Å²) >= 11 is 0. The zero-order chi connectivity index (χ0) is 26.7. The fourth-order valence-electron chi connectivity index (χ4n) is 6.50. The number of aliphatic imine (C=N–C) groups is 1. The van der Waals surface area contributed by atoms with Crippen molar-refractivity contribution in [2.45, 2.75) is 26.2 Å². The highest BCUT2D eigenvalue weighted by atomic mass is 15.0. The Balaban J connectivity index is 1.63. The van der Waals surface area contributed by atoms with E-state index in [0.29, 0.717) is 0 Å². The topological polar surface area (TPSA) is 17.3 Å². The van der Waals surface area contributed by atoms with E-state index < -0.39 is 0 Å². The first-order valence-electron chi connectivity index (χ1n) is 13.5. The van der Waals surface area contributed by atoms with Crippen LogP contribution in [0.2, 0.25) is 0 Å². The summed E-state index contributed by atoms with van der Waals surface area (Å²) in [6, 6.07) is 37.4. The second kappa shape index (κ2) is 8.68. The number of hydrogen-bond donors (Lipinski definition) is 0. The summed E-state index contributed by atoms with van der Waals surface area (Å²) in [5, 5.41) is 2.53. The van der Waals surface area contributed by atoms with Crippen molar-refractivity contribution in [3.63, 3.8) is 0 Å². The fourth-order valence-corrected chi connectivity index (χ4v) is 6.50. The molecule has 1 aliphatic rings. The van der Waals surface area contributed by atoms with Crippen LogP contribution in [0, 0.1) is 0 Å². The zero-order valence-corrected chi connectivity index (χ0v) is 22.6. The Labute approximate surface area is 229 Å². The Hall–Kier alpha value is -4.69. The molecule has 2 heteroatoms. The van der Waals surface area contributed by atoms with Crippen LogP contribution in [0.25, 0.3) is 55.8 Å². The molecule has 0 bridgehead atoms. The van der Waals surface area contributed by atoms with Gasteiger partial charge in [0, 0.05) is 21.8 Å². The van der Waals surface area contributed by atoms with E-state index in [0.717, 1.165) is 28.1 Å². The Morgan fingerprint density at radius 1 is 0.692 bits per heavy atom. The Kier molecular flexibility index (Phi) is 5.21. The molecule has 0 saturated heterocycles. The summed E-state index contributed by atoms with van der Waals surface area (Å²) in [7, 11) is 0. The fraction of sp³-hybridized carbons (Fsp3) is 0.108. The largest absolute Gasteiger partial charge is 0.309 e. The van der Waals surface area contributed by atoms with E-state index in [1.807, 2.05) is 0 Å². The van der Waals surface area contributed by atoms with Crippen LogP contribution in [0.15, 0.2) is 114 Å². The van der Waals surface area contributed by atoms with Crippen LogP contribution in [-0.4, -0.2) is 11.3 Å². The number of rotatable bonds is 4. The van der Waals surface area contributed by atoms with Crippen molar-refractivity contribution >= 4 is 40.3 Å². The summed E-state index contributed by atoms with van der Waals surface area (Å²) in [4.78, 5) is 4.50. The molecule has 0 spiro atoms. The van der Waals surface area contributed by atoms with E-state index in [1.54, 1.807) is 0 Å². The molecule has 0 atom stereocenters. The zero-order valence-electron chi connectivity index (χ0n) is 22.6. The summed E-state index contributed by atoms with van der Waals surface area (Å²) in [5.41, 5.74) is 13.1. The molecule has 0 N–H and O–H groups in total. The third-order valence-electron chi connectivity index (χ3n) is 8.36. The minimum atomic E-state index is -0.0490.